The number of hydrogen-bond donors (Lipinski definition) is 2. The zero-order valence-electron chi connectivity index (χ0n) is 15.2. The maximum absolute atomic E-state index is 12.8. The van der Waals surface area contributed by atoms with Gasteiger partial charge in [0.1, 0.15) is 0 Å². The van der Waals surface area contributed by atoms with E-state index in [4.69, 9.17) is 0 Å². The number of hydrogen-bond acceptors (Lipinski definition) is 3. The first kappa shape index (κ1) is 17.7. The van der Waals surface area contributed by atoms with E-state index in [0.717, 1.165) is 24.8 Å². The molecule has 6 heteroatoms. The highest BCUT2D eigenvalue weighted by Crippen LogP contribution is 2.33. The van der Waals surface area contributed by atoms with Crippen LogP contribution in [0, 0.1) is 11.8 Å². The van der Waals surface area contributed by atoms with Crippen LogP contribution in [0.25, 0.3) is 0 Å². The molecule has 0 aromatic carbocycles. The Morgan fingerprint density at radius 2 is 1.92 bits per heavy atom. The van der Waals surface area contributed by atoms with Crippen LogP contribution >= 0.6 is 0 Å². The third-order valence-corrected chi connectivity index (χ3v) is 5.22. The van der Waals surface area contributed by atoms with E-state index < -0.39 is 17.8 Å². The Morgan fingerprint density at radius 1 is 1.24 bits per heavy atom. The van der Waals surface area contributed by atoms with Crippen LogP contribution in [0.3, 0.4) is 0 Å². The van der Waals surface area contributed by atoms with E-state index in [1.165, 1.54) is 5.69 Å². The van der Waals surface area contributed by atoms with Crippen LogP contribution in [0.15, 0.2) is 18.3 Å². The first-order chi connectivity index (χ1) is 11.8. The molecule has 25 heavy (non-hydrogen) atoms. The van der Waals surface area contributed by atoms with E-state index >= 15 is 0 Å². The zero-order valence-corrected chi connectivity index (χ0v) is 15.2. The quantitative estimate of drug-likeness (QED) is 0.825. The van der Waals surface area contributed by atoms with Crippen molar-refractivity contribution in [2.75, 3.05) is 0 Å². The molecule has 1 aromatic rings. The van der Waals surface area contributed by atoms with Crippen molar-refractivity contribution >= 4 is 11.9 Å². The van der Waals surface area contributed by atoms with Crippen LogP contribution in [0.5, 0.6) is 0 Å². The molecule has 2 aliphatic carbocycles. The number of nitrogens with one attached hydrogen (secondary N) is 1. The number of carboxylic acid groups (broad SMARTS) is 1. The summed E-state index contributed by atoms with van der Waals surface area (Å²) < 4.78 is 2.05. The van der Waals surface area contributed by atoms with Gasteiger partial charge in [-0.2, -0.15) is 5.10 Å². The maximum Gasteiger partial charge on any atom is 0.307 e. The number of rotatable bonds is 3. The number of allylic oxidation sites excluding steroid dienone is 2. The van der Waals surface area contributed by atoms with Gasteiger partial charge < -0.3 is 10.4 Å². The van der Waals surface area contributed by atoms with Crippen molar-refractivity contribution in [3.63, 3.8) is 0 Å². The molecule has 3 rings (SSSR count). The second kappa shape index (κ2) is 6.65. The average molecular weight is 345 g/mol. The van der Waals surface area contributed by atoms with Crippen molar-refractivity contribution in [1.82, 2.24) is 15.1 Å². The van der Waals surface area contributed by atoms with Crippen LogP contribution in [0.1, 0.15) is 63.8 Å². The van der Waals surface area contributed by atoms with Gasteiger partial charge in [0, 0.05) is 11.3 Å². The van der Waals surface area contributed by atoms with Crippen molar-refractivity contribution in [3.05, 3.63) is 29.6 Å². The number of nitrogens with zero attached hydrogens (tertiary/aromatic N) is 2. The van der Waals surface area contributed by atoms with E-state index in [-0.39, 0.29) is 17.5 Å². The molecule has 0 unspecified atom stereocenters. The second-order valence-electron chi connectivity index (χ2n) is 8.08. The third kappa shape index (κ3) is 3.48. The lowest BCUT2D eigenvalue weighted by molar-refractivity contribution is -0.147. The standard InChI is InChI=1S/C19H27N3O3/c1-19(2,3)22-16-10-6-9-15(14(16)11-20-22)21-17(23)12-7-4-5-8-13(12)18(24)25/h4-5,11-13,15H,6-10H2,1-3H3,(H,21,23)(H,24,25)/t12-,13+,15+/m1/s1. The lowest BCUT2D eigenvalue weighted by Crippen LogP contribution is -2.41. The summed E-state index contributed by atoms with van der Waals surface area (Å²) in [6.45, 7) is 6.36. The second-order valence-corrected chi connectivity index (χ2v) is 8.08. The van der Waals surface area contributed by atoms with Gasteiger partial charge in [-0.05, 0) is 52.9 Å². The van der Waals surface area contributed by atoms with Gasteiger partial charge in [0.25, 0.3) is 0 Å². The van der Waals surface area contributed by atoms with Gasteiger partial charge >= 0.3 is 5.97 Å². The highest BCUT2D eigenvalue weighted by atomic mass is 16.4. The summed E-state index contributed by atoms with van der Waals surface area (Å²) in [5.74, 6) is -2.18. The highest BCUT2D eigenvalue weighted by Gasteiger charge is 2.36. The van der Waals surface area contributed by atoms with Gasteiger partial charge in [0.05, 0.1) is 29.6 Å². The minimum Gasteiger partial charge on any atom is -0.481 e. The van der Waals surface area contributed by atoms with Crippen LogP contribution in [-0.2, 0) is 21.5 Å². The molecule has 3 atom stereocenters. The lowest BCUT2D eigenvalue weighted by Gasteiger charge is -2.30. The summed E-state index contributed by atoms with van der Waals surface area (Å²) >= 11 is 0. The number of aromatic nitrogens is 2. The molecule has 2 N–H and O–H groups in total. The number of carbonyl (C=O) groups excluding carboxylic acids is 1. The van der Waals surface area contributed by atoms with Crippen molar-refractivity contribution < 1.29 is 14.7 Å². The fraction of sp³-hybridized carbons (Fsp3) is 0.632. The fourth-order valence-corrected chi connectivity index (χ4v) is 3.94. The topological polar surface area (TPSA) is 84.2 Å². The molecule has 0 radical (unpaired) electrons. The normalized spacial score (nSPS) is 26.1. The predicted molar refractivity (Wildman–Crippen MR) is 94.0 cm³/mol. The molecule has 0 fully saturated rings. The number of carboxylic acids is 1. The summed E-state index contributed by atoms with van der Waals surface area (Å²) in [6.07, 6.45) is 9.36. The number of amides is 1. The first-order valence-electron chi connectivity index (χ1n) is 9.04. The monoisotopic (exact) mass is 345 g/mol. The van der Waals surface area contributed by atoms with E-state index in [1.54, 1.807) is 0 Å². The Labute approximate surface area is 148 Å². The molecule has 0 saturated heterocycles. The van der Waals surface area contributed by atoms with Gasteiger partial charge in [-0.3, -0.25) is 14.3 Å². The van der Waals surface area contributed by atoms with Crippen molar-refractivity contribution in [3.8, 4) is 0 Å². The molecule has 2 aliphatic rings. The minimum absolute atomic E-state index is 0.0762. The van der Waals surface area contributed by atoms with Crippen LogP contribution < -0.4 is 5.32 Å². The highest BCUT2D eigenvalue weighted by molar-refractivity contribution is 5.85. The molecule has 1 amide bonds. The molecular weight excluding hydrogens is 318 g/mol. The van der Waals surface area contributed by atoms with Gasteiger partial charge in [-0.1, -0.05) is 12.2 Å². The third-order valence-electron chi connectivity index (χ3n) is 5.22. The van der Waals surface area contributed by atoms with Crippen molar-refractivity contribution in [1.29, 1.82) is 0 Å². The predicted octanol–water partition coefficient (Wildman–Crippen LogP) is 2.80. The summed E-state index contributed by atoms with van der Waals surface area (Å²) in [7, 11) is 0. The molecule has 0 saturated carbocycles. The fourth-order valence-electron chi connectivity index (χ4n) is 3.94. The Hall–Kier alpha value is -2.11. The lowest BCUT2D eigenvalue weighted by atomic mass is 9.82. The average Bonchev–Trinajstić information content (AvgIpc) is 3.00. The molecule has 0 spiro atoms. The van der Waals surface area contributed by atoms with Crippen LogP contribution in [0.2, 0.25) is 0 Å². The summed E-state index contributed by atoms with van der Waals surface area (Å²) in [6, 6.07) is -0.0762. The van der Waals surface area contributed by atoms with E-state index in [1.807, 2.05) is 23.0 Å². The van der Waals surface area contributed by atoms with Gasteiger partial charge in [-0.25, -0.2) is 0 Å². The van der Waals surface area contributed by atoms with E-state index in [9.17, 15) is 14.7 Å². The van der Waals surface area contributed by atoms with E-state index in [0.29, 0.717) is 12.8 Å². The van der Waals surface area contributed by atoms with Crippen LogP contribution in [-0.4, -0.2) is 26.8 Å². The van der Waals surface area contributed by atoms with Gasteiger partial charge in [0.2, 0.25) is 5.91 Å². The first-order valence-corrected chi connectivity index (χ1v) is 9.04. The Balaban J connectivity index is 1.79. The molecule has 1 heterocycles. The Kier molecular flexibility index (Phi) is 4.71. The summed E-state index contributed by atoms with van der Waals surface area (Å²) in [5.41, 5.74) is 2.16. The minimum atomic E-state index is -0.894. The molecular formula is C19H27N3O3. The van der Waals surface area contributed by atoms with Crippen LogP contribution in [0.4, 0.5) is 0 Å². The van der Waals surface area contributed by atoms with Gasteiger partial charge in [0.15, 0.2) is 0 Å². The molecule has 0 bridgehead atoms. The Morgan fingerprint density at radius 3 is 2.56 bits per heavy atom. The van der Waals surface area contributed by atoms with Gasteiger partial charge in [-0.15, -0.1) is 0 Å². The molecule has 0 aliphatic heterocycles. The molecule has 1 aromatic heterocycles. The van der Waals surface area contributed by atoms with E-state index in [2.05, 4.69) is 31.2 Å². The number of fused-ring (bicyclic) bond motifs is 1. The molecule has 6 nitrogen and oxygen atoms in total. The summed E-state index contributed by atoms with van der Waals surface area (Å²) in [4.78, 5) is 24.2. The SMILES string of the molecule is CC(C)(C)n1ncc2c1CCC[C@@H]2NC(=O)[C@@H]1CC=CC[C@@H]1C(=O)O. The largest absolute Gasteiger partial charge is 0.481 e. The number of aliphatic carboxylic acids is 1. The number of carbonyl (C=O) groups is 2. The summed E-state index contributed by atoms with van der Waals surface area (Å²) in [5, 5.41) is 17.0. The smallest absolute Gasteiger partial charge is 0.307 e. The Bertz CT molecular complexity index is 699. The molecule has 136 valence electrons. The zero-order chi connectivity index (χ0) is 18.2. The van der Waals surface area contributed by atoms with Crippen molar-refractivity contribution in [2.24, 2.45) is 11.8 Å². The maximum atomic E-state index is 12.8. The van der Waals surface area contributed by atoms with Crippen molar-refractivity contribution in [2.45, 2.75) is 64.5 Å².